The lowest BCUT2D eigenvalue weighted by Crippen LogP contribution is -2.46. The van der Waals surface area contributed by atoms with Gasteiger partial charge in [0.1, 0.15) is 12.2 Å². The molecule has 5 aliphatic rings. The van der Waals surface area contributed by atoms with Crippen LogP contribution >= 0.6 is 0 Å². The number of rotatable bonds is 3. The van der Waals surface area contributed by atoms with E-state index in [1.165, 1.54) is 0 Å². The van der Waals surface area contributed by atoms with E-state index < -0.39 is 36.2 Å². The highest BCUT2D eigenvalue weighted by Gasteiger charge is 2.60. The quantitative estimate of drug-likeness (QED) is 0.549. The highest BCUT2D eigenvalue weighted by atomic mass is 16.8. The van der Waals surface area contributed by atoms with Crippen molar-refractivity contribution in [2.45, 2.75) is 82.8 Å². The Kier molecular flexibility index (Phi) is 4.02. The topological polar surface area (TPSA) is 72.5 Å². The normalized spacial score (nSPS) is 48.9. The summed E-state index contributed by atoms with van der Waals surface area (Å²) in [5, 5.41) is 0. The fraction of sp³-hybridized carbons (Fsp3) is 0.850. The Morgan fingerprint density at radius 3 is 2.44 bits per heavy atom. The Labute approximate surface area is 159 Å². The minimum Gasteiger partial charge on any atom is -0.456 e. The van der Waals surface area contributed by atoms with Crippen LogP contribution in [0.3, 0.4) is 0 Å². The van der Waals surface area contributed by atoms with Crippen LogP contribution in [-0.2, 0) is 33.2 Å². The van der Waals surface area contributed by atoms with E-state index in [2.05, 4.69) is 12.2 Å². The second-order valence-corrected chi connectivity index (χ2v) is 9.22. The molecule has 5 rings (SSSR count). The summed E-state index contributed by atoms with van der Waals surface area (Å²) in [6.45, 7) is 7.78. The first-order valence-corrected chi connectivity index (χ1v) is 9.92. The van der Waals surface area contributed by atoms with Crippen LogP contribution in [0.25, 0.3) is 0 Å². The molecule has 1 saturated carbocycles. The maximum absolute atomic E-state index is 12.9. The molecule has 0 spiro atoms. The Morgan fingerprint density at radius 1 is 1.00 bits per heavy atom. The molecule has 8 unspecified atom stereocenters. The average molecular weight is 380 g/mol. The summed E-state index contributed by atoms with van der Waals surface area (Å²) in [7, 11) is 0. The van der Waals surface area contributed by atoms with Gasteiger partial charge in [-0.3, -0.25) is 4.79 Å². The molecule has 3 saturated heterocycles. The smallest absolute Gasteiger partial charge is 0.310 e. The molecule has 8 atom stereocenters. The molecule has 0 radical (unpaired) electrons. The van der Waals surface area contributed by atoms with Gasteiger partial charge >= 0.3 is 5.97 Å². The van der Waals surface area contributed by atoms with Gasteiger partial charge in [-0.1, -0.05) is 12.2 Å². The van der Waals surface area contributed by atoms with E-state index in [0.717, 1.165) is 12.8 Å². The number of carbonyl (C=O) groups excluding carboxylic acids is 1. The number of fused-ring (bicyclic) bond motifs is 3. The summed E-state index contributed by atoms with van der Waals surface area (Å²) >= 11 is 0. The molecular weight excluding hydrogens is 352 g/mol. The number of hydrogen-bond donors (Lipinski definition) is 0. The molecule has 0 amide bonds. The third-order valence-corrected chi connectivity index (χ3v) is 6.26. The fourth-order valence-corrected chi connectivity index (χ4v) is 5.09. The van der Waals surface area contributed by atoms with Gasteiger partial charge in [0.2, 0.25) is 0 Å². The van der Waals surface area contributed by atoms with E-state index >= 15 is 0 Å². The Balaban J connectivity index is 1.34. The monoisotopic (exact) mass is 380 g/mol. The van der Waals surface area contributed by atoms with Gasteiger partial charge < -0.3 is 28.4 Å². The lowest BCUT2D eigenvalue weighted by molar-refractivity contribution is -0.236. The van der Waals surface area contributed by atoms with Crippen LogP contribution < -0.4 is 0 Å². The Morgan fingerprint density at radius 2 is 1.81 bits per heavy atom. The number of carbonyl (C=O) groups is 1. The van der Waals surface area contributed by atoms with Crippen LogP contribution in [0, 0.1) is 17.8 Å². The third kappa shape index (κ3) is 3.13. The van der Waals surface area contributed by atoms with E-state index in [0.29, 0.717) is 18.4 Å². The molecule has 4 fully saturated rings. The second kappa shape index (κ2) is 6.00. The summed E-state index contributed by atoms with van der Waals surface area (Å²) in [5.41, 5.74) is 0. The first-order chi connectivity index (χ1) is 12.7. The SMILES string of the molecule is CC1(C)OCC(C2OC3OC(C)(C)OC3C2OC(=O)C2CC3C=CC2C3)O1. The third-order valence-electron chi connectivity index (χ3n) is 6.26. The zero-order chi connectivity index (χ0) is 19.0. The van der Waals surface area contributed by atoms with Gasteiger partial charge in [0.15, 0.2) is 30.1 Å². The van der Waals surface area contributed by atoms with Gasteiger partial charge in [0.25, 0.3) is 0 Å². The second-order valence-electron chi connectivity index (χ2n) is 9.22. The number of allylic oxidation sites excluding steroid dienone is 2. The first-order valence-electron chi connectivity index (χ1n) is 9.92. The van der Waals surface area contributed by atoms with Gasteiger partial charge in [0.05, 0.1) is 12.5 Å². The highest BCUT2D eigenvalue weighted by molar-refractivity contribution is 5.74. The number of esters is 1. The molecule has 3 aliphatic heterocycles. The van der Waals surface area contributed by atoms with Crippen molar-refractivity contribution >= 4 is 5.97 Å². The van der Waals surface area contributed by atoms with E-state index in [-0.39, 0.29) is 18.0 Å². The van der Waals surface area contributed by atoms with Crippen molar-refractivity contribution in [3.05, 3.63) is 12.2 Å². The van der Waals surface area contributed by atoms with Gasteiger partial charge in [-0.05, 0) is 52.4 Å². The molecule has 0 N–H and O–H groups in total. The lowest BCUT2D eigenvalue weighted by atomic mass is 9.93. The van der Waals surface area contributed by atoms with E-state index in [9.17, 15) is 4.79 Å². The van der Waals surface area contributed by atoms with Crippen molar-refractivity contribution in [2.75, 3.05) is 6.61 Å². The van der Waals surface area contributed by atoms with E-state index in [1.807, 2.05) is 27.7 Å². The summed E-state index contributed by atoms with van der Waals surface area (Å²) in [4.78, 5) is 12.9. The molecule has 27 heavy (non-hydrogen) atoms. The molecule has 7 nitrogen and oxygen atoms in total. The summed E-state index contributed by atoms with van der Waals surface area (Å²) in [5.74, 6) is -0.900. The number of hydrogen-bond acceptors (Lipinski definition) is 7. The van der Waals surface area contributed by atoms with Gasteiger partial charge in [-0.25, -0.2) is 0 Å². The zero-order valence-corrected chi connectivity index (χ0v) is 16.3. The Hall–Kier alpha value is -0.990. The van der Waals surface area contributed by atoms with Crippen LogP contribution in [0.1, 0.15) is 40.5 Å². The number of ether oxygens (including phenoxy) is 6. The minimum absolute atomic E-state index is 0.0766. The maximum atomic E-state index is 12.9. The molecule has 0 aromatic rings. The molecule has 7 heteroatoms. The molecule has 0 aromatic heterocycles. The van der Waals surface area contributed by atoms with Gasteiger partial charge in [0, 0.05) is 0 Å². The van der Waals surface area contributed by atoms with Crippen LogP contribution in [0.4, 0.5) is 0 Å². The largest absolute Gasteiger partial charge is 0.456 e. The molecule has 150 valence electrons. The standard InChI is InChI=1S/C20H28O7/c1-19(2)22-9-13(25-19)14-15(16-18(24-14)27-20(3,4)26-16)23-17(21)12-8-10-5-6-11(12)7-10/h5-6,10-16,18H,7-9H2,1-4H3. The van der Waals surface area contributed by atoms with Crippen molar-refractivity contribution in [3.8, 4) is 0 Å². The lowest BCUT2D eigenvalue weighted by Gasteiger charge is -2.30. The van der Waals surface area contributed by atoms with Crippen molar-refractivity contribution in [1.29, 1.82) is 0 Å². The molecule has 2 aliphatic carbocycles. The van der Waals surface area contributed by atoms with Crippen LogP contribution in [0.15, 0.2) is 12.2 Å². The first kappa shape index (κ1) is 18.1. The van der Waals surface area contributed by atoms with Crippen LogP contribution in [-0.4, -0.2) is 54.9 Å². The van der Waals surface area contributed by atoms with Crippen molar-refractivity contribution in [3.63, 3.8) is 0 Å². The summed E-state index contributed by atoms with van der Waals surface area (Å²) in [6.07, 6.45) is 3.87. The van der Waals surface area contributed by atoms with Crippen LogP contribution in [0.2, 0.25) is 0 Å². The van der Waals surface area contributed by atoms with Crippen molar-refractivity contribution in [2.24, 2.45) is 17.8 Å². The zero-order valence-electron chi connectivity index (χ0n) is 16.3. The summed E-state index contributed by atoms with van der Waals surface area (Å²) < 4.78 is 35.6. The van der Waals surface area contributed by atoms with Crippen molar-refractivity contribution in [1.82, 2.24) is 0 Å². The maximum Gasteiger partial charge on any atom is 0.310 e. The summed E-state index contributed by atoms with van der Waals surface area (Å²) in [6, 6.07) is 0. The van der Waals surface area contributed by atoms with E-state index in [1.54, 1.807) is 0 Å². The molecular formula is C20H28O7. The highest BCUT2D eigenvalue weighted by Crippen LogP contribution is 2.46. The molecule has 2 bridgehead atoms. The average Bonchev–Trinajstić information content (AvgIpc) is 3.35. The van der Waals surface area contributed by atoms with E-state index in [4.69, 9.17) is 28.4 Å². The predicted molar refractivity (Wildman–Crippen MR) is 92.3 cm³/mol. The van der Waals surface area contributed by atoms with Crippen LogP contribution in [0.5, 0.6) is 0 Å². The minimum atomic E-state index is -0.771. The van der Waals surface area contributed by atoms with Crippen molar-refractivity contribution < 1.29 is 33.2 Å². The van der Waals surface area contributed by atoms with Gasteiger partial charge in [-0.2, -0.15) is 0 Å². The Bertz CT molecular complexity index is 657. The predicted octanol–water partition coefficient (Wildman–Crippen LogP) is 2.14. The van der Waals surface area contributed by atoms with Gasteiger partial charge in [-0.15, -0.1) is 0 Å². The molecule has 3 heterocycles. The molecule has 0 aromatic carbocycles. The fourth-order valence-electron chi connectivity index (χ4n) is 5.09.